The molecule has 1 aromatic rings. The maximum Gasteiger partial charge on any atom is 0.337 e. The highest BCUT2D eigenvalue weighted by Crippen LogP contribution is 2.14. The summed E-state index contributed by atoms with van der Waals surface area (Å²) in [5.41, 5.74) is 0.436. The first-order valence-electron chi connectivity index (χ1n) is 5.16. The molecule has 0 heterocycles. The van der Waals surface area contributed by atoms with E-state index in [0.29, 0.717) is 17.7 Å². The van der Waals surface area contributed by atoms with Crippen molar-refractivity contribution in [3.8, 4) is 5.75 Å². The van der Waals surface area contributed by atoms with Gasteiger partial charge >= 0.3 is 5.97 Å². The zero-order valence-corrected chi connectivity index (χ0v) is 9.47. The SMILES string of the molecule is CCC(O)COc1cccc(C(=O)OC)c1. The second-order valence-corrected chi connectivity index (χ2v) is 3.39. The van der Waals surface area contributed by atoms with Crippen molar-refractivity contribution < 1.29 is 19.4 Å². The van der Waals surface area contributed by atoms with E-state index in [-0.39, 0.29) is 6.61 Å². The monoisotopic (exact) mass is 224 g/mol. The molecule has 0 saturated heterocycles. The van der Waals surface area contributed by atoms with E-state index in [1.54, 1.807) is 24.3 Å². The summed E-state index contributed by atoms with van der Waals surface area (Å²) in [6.45, 7) is 2.10. The first-order chi connectivity index (χ1) is 7.67. The Morgan fingerprint density at radius 3 is 2.88 bits per heavy atom. The first-order valence-corrected chi connectivity index (χ1v) is 5.16. The topological polar surface area (TPSA) is 55.8 Å². The van der Waals surface area contributed by atoms with Gasteiger partial charge in [-0.2, -0.15) is 0 Å². The molecule has 4 heteroatoms. The fourth-order valence-corrected chi connectivity index (χ4v) is 1.14. The molecule has 0 saturated carbocycles. The summed E-state index contributed by atoms with van der Waals surface area (Å²) in [4.78, 5) is 11.2. The van der Waals surface area contributed by atoms with Crippen molar-refractivity contribution in [2.24, 2.45) is 0 Å². The standard InChI is InChI=1S/C12H16O4/c1-3-10(13)8-16-11-6-4-5-9(7-11)12(14)15-2/h4-7,10,13H,3,8H2,1-2H3. The van der Waals surface area contributed by atoms with Gasteiger partial charge in [-0.05, 0) is 24.6 Å². The Bertz CT molecular complexity index is 349. The Labute approximate surface area is 94.8 Å². The van der Waals surface area contributed by atoms with Crippen molar-refractivity contribution in [3.63, 3.8) is 0 Å². The summed E-state index contributed by atoms with van der Waals surface area (Å²) < 4.78 is 9.93. The van der Waals surface area contributed by atoms with Gasteiger partial charge in [0, 0.05) is 0 Å². The van der Waals surface area contributed by atoms with E-state index in [1.807, 2.05) is 6.92 Å². The molecule has 1 atom stereocenters. The molecule has 0 spiro atoms. The van der Waals surface area contributed by atoms with Crippen LogP contribution in [0.2, 0.25) is 0 Å². The van der Waals surface area contributed by atoms with Crippen LogP contribution < -0.4 is 4.74 Å². The van der Waals surface area contributed by atoms with Crippen molar-refractivity contribution in [2.45, 2.75) is 19.4 Å². The zero-order valence-electron chi connectivity index (χ0n) is 9.47. The van der Waals surface area contributed by atoms with Crippen LogP contribution in [0.3, 0.4) is 0 Å². The average Bonchev–Trinajstić information content (AvgIpc) is 2.35. The van der Waals surface area contributed by atoms with E-state index in [0.717, 1.165) is 0 Å². The van der Waals surface area contributed by atoms with E-state index in [4.69, 9.17) is 4.74 Å². The Morgan fingerprint density at radius 1 is 1.50 bits per heavy atom. The Balaban J connectivity index is 2.64. The summed E-state index contributed by atoms with van der Waals surface area (Å²) in [6, 6.07) is 6.68. The van der Waals surface area contributed by atoms with Gasteiger partial charge in [-0.3, -0.25) is 0 Å². The number of hydrogen-bond acceptors (Lipinski definition) is 4. The highest BCUT2D eigenvalue weighted by molar-refractivity contribution is 5.89. The normalized spacial score (nSPS) is 11.9. The molecule has 4 nitrogen and oxygen atoms in total. The fraction of sp³-hybridized carbons (Fsp3) is 0.417. The van der Waals surface area contributed by atoms with Gasteiger partial charge < -0.3 is 14.6 Å². The lowest BCUT2D eigenvalue weighted by molar-refractivity contribution is 0.0600. The van der Waals surface area contributed by atoms with E-state index in [2.05, 4.69) is 4.74 Å². The highest BCUT2D eigenvalue weighted by atomic mass is 16.5. The predicted molar refractivity (Wildman–Crippen MR) is 59.6 cm³/mol. The lowest BCUT2D eigenvalue weighted by atomic mass is 10.2. The maximum atomic E-state index is 11.2. The number of methoxy groups -OCH3 is 1. The second kappa shape index (κ2) is 6.12. The third-order valence-electron chi connectivity index (χ3n) is 2.17. The van der Waals surface area contributed by atoms with Gasteiger partial charge in [0.15, 0.2) is 0 Å². The van der Waals surface area contributed by atoms with Crippen molar-refractivity contribution in [2.75, 3.05) is 13.7 Å². The molecule has 0 radical (unpaired) electrons. The minimum Gasteiger partial charge on any atom is -0.491 e. The predicted octanol–water partition coefficient (Wildman–Crippen LogP) is 1.62. The van der Waals surface area contributed by atoms with Crippen LogP contribution in [-0.4, -0.2) is 30.9 Å². The van der Waals surface area contributed by atoms with Crippen molar-refractivity contribution >= 4 is 5.97 Å². The molecule has 0 amide bonds. The summed E-state index contributed by atoms with van der Waals surface area (Å²) in [5, 5.41) is 9.33. The number of ether oxygens (including phenoxy) is 2. The minimum atomic E-state index is -0.484. The van der Waals surface area contributed by atoms with E-state index in [9.17, 15) is 9.90 Å². The number of benzene rings is 1. The van der Waals surface area contributed by atoms with Crippen LogP contribution >= 0.6 is 0 Å². The highest BCUT2D eigenvalue weighted by Gasteiger charge is 2.07. The Hall–Kier alpha value is -1.55. The Morgan fingerprint density at radius 2 is 2.25 bits per heavy atom. The minimum absolute atomic E-state index is 0.223. The van der Waals surface area contributed by atoms with Gasteiger partial charge in [-0.25, -0.2) is 4.79 Å². The van der Waals surface area contributed by atoms with Gasteiger partial charge in [0.25, 0.3) is 0 Å². The summed E-state index contributed by atoms with van der Waals surface area (Å²) in [7, 11) is 1.33. The van der Waals surface area contributed by atoms with Crippen molar-refractivity contribution in [1.82, 2.24) is 0 Å². The third-order valence-corrected chi connectivity index (χ3v) is 2.17. The van der Waals surface area contributed by atoms with Crippen molar-refractivity contribution in [1.29, 1.82) is 0 Å². The largest absolute Gasteiger partial charge is 0.491 e. The summed E-state index contributed by atoms with van der Waals surface area (Å²) in [6.07, 6.45) is 0.151. The molecule has 16 heavy (non-hydrogen) atoms. The quantitative estimate of drug-likeness (QED) is 0.772. The molecule has 1 rings (SSSR count). The molecular weight excluding hydrogens is 208 g/mol. The molecule has 1 aromatic carbocycles. The Kier molecular flexibility index (Phi) is 4.79. The molecule has 1 unspecified atom stereocenters. The molecule has 0 fully saturated rings. The number of carbonyl (C=O) groups is 1. The first kappa shape index (κ1) is 12.5. The van der Waals surface area contributed by atoms with Crippen LogP contribution in [0.15, 0.2) is 24.3 Å². The fourth-order valence-electron chi connectivity index (χ4n) is 1.14. The average molecular weight is 224 g/mol. The van der Waals surface area contributed by atoms with E-state index in [1.165, 1.54) is 7.11 Å². The molecule has 0 aliphatic carbocycles. The summed E-state index contributed by atoms with van der Waals surface area (Å²) >= 11 is 0. The molecule has 88 valence electrons. The molecular formula is C12H16O4. The van der Waals surface area contributed by atoms with Gasteiger partial charge in [0.2, 0.25) is 0 Å². The van der Waals surface area contributed by atoms with Gasteiger partial charge in [-0.15, -0.1) is 0 Å². The van der Waals surface area contributed by atoms with Crippen LogP contribution in [-0.2, 0) is 4.74 Å². The van der Waals surface area contributed by atoms with Crippen LogP contribution in [0, 0.1) is 0 Å². The molecule has 1 N–H and O–H groups in total. The number of esters is 1. The van der Waals surface area contributed by atoms with Gasteiger partial charge in [0.05, 0.1) is 18.8 Å². The number of aliphatic hydroxyl groups excluding tert-OH is 1. The third kappa shape index (κ3) is 3.55. The van der Waals surface area contributed by atoms with E-state index < -0.39 is 12.1 Å². The molecule has 0 aromatic heterocycles. The summed E-state index contributed by atoms with van der Waals surface area (Å²) in [5.74, 6) is 0.150. The smallest absolute Gasteiger partial charge is 0.337 e. The lowest BCUT2D eigenvalue weighted by Crippen LogP contribution is -2.16. The van der Waals surface area contributed by atoms with Crippen LogP contribution in [0.25, 0.3) is 0 Å². The zero-order chi connectivity index (χ0) is 12.0. The lowest BCUT2D eigenvalue weighted by Gasteiger charge is -2.10. The van der Waals surface area contributed by atoms with Gasteiger partial charge in [0.1, 0.15) is 12.4 Å². The molecule has 0 aliphatic heterocycles. The number of hydrogen-bond donors (Lipinski definition) is 1. The maximum absolute atomic E-state index is 11.2. The van der Waals surface area contributed by atoms with E-state index >= 15 is 0 Å². The number of rotatable bonds is 5. The molecule has 0 aliphatic rings. The number of aliphatic hydroxyl groups is 1. The van der Waals surface area contributed by atoms with Crippen LogP contribution in [0.1, 0.15) is 23.7 Å². The number of carbonyl (C=O) groups excluding carboxylic acids is 1. The second-order valence-electron chi connectivity index (χ2n) is 3.39. The van der Waals surface area contributed by atoms with Crippen LogP contribution in [0.4, 0.5) is 0 Å². The van der Waals surface area contributed by atoms with Gasteiger partial charge in [-0.1, -0.05) is 13.0 Å². The van der Waals surface area contributed by atoms with Crippen LogP contribution in [0.5, 0.6) is 5.75 Å². The molecule has 0 bridgehead atoms. The van der Waals surface area contributed by atoms with Crippen molar-refractivity contribution in [3.05, 3.63) is 29.8 Å².